The average molecular weight is 487 g/mol. The molecule has 0 radical (unpaired) electrons. The Morgan fingerprint density at radius 3 is 2.03 bits per heavy atom. The van der Waals surface area contributed by atoms with Crippen molar-refractivity contribution < 1.29 is 33.7 Å². The Bertz CT molecular complexity index is 902. The molecule has 0 saturated heterocycles. The number of ether oxygens (including phenoxy) is 2. The van der Waals surface area contributed by atoms with E-state index in [1.807, 2.05) is 0 Å². The molecule has 31 heavy (non-hydrogen) atoms. The van der Waals surface area contributed by atoms with Crippen molar-refractivity contribution >= 4 is 27.8 Å². The maximum Gasteiger partial charge on any atom is 0.343 e. The highest BCUT2D eigenvalue weighted by Crippen LogP contribution is 3.02. The molecule has 0 amide bonds. The fraction of sp³-hybridized carbons (Fsp3) is 0.381. The van der Waals surface area contributed by atoms with Crippen LogP contribution in [0, 0.1) is 0 Å². The van der Waals surface area contributed by atoms with Crippen LogP contribution in [0.25, 0.3) is 0 Å². The Hall–Kier alpha value is -2.00. The van der Waals surface area contributed by atoms with Crippen LogP contribution in [0.5, 0.6) is 11.5 Å². The molecule has 0 atom stereocenters. The lowest BCUT2D eigenvalue weighted by molar-refractivity contribution is 0.0734. The number of hydrogen-bond donors (Lipinski definition) is 0. The summed E-state index contributed by atoms with van der Waals surface area (Å²) in [6.45, 7) is 2.70. The molecule has 0 N–H and O–H groups in total. The Morgan fingerprint density at radius 1 is 0.871 bits per heavy atom. The SMILES string of the molecule is CCCCCCCCOc1ccc(C(=O)Oc2ccc(S(F)(F)(F)(F)F)c(Cl)c2)cc1. The van der Waals surface area contributed by atoms with E-state index < -0.39 is 26.1 Å². The van der Waals surface area contributed by atoms with E-state index >= 15 is 0 Å². The lowest BCUT2D eigenvalue weighted by Gasteiger charge is -2.41. The summed E-state index contributed by atoms with van der Waals surface area (Å²) in [6.07, 6.45) is 6.78. The molecule has 10 heteroatoms. The van der Waals surface area contributed by atoms with Crippen LogP contribution >= 0.6 is 21.8 Å². The van der Waals surface area contributed by atoms with Gasteiger partial charge in [-0.05, 0) is 42.8 Å². The van der Waals surface area contributed by atoms with Crippen LogP contribution in [0.4, 0.5) is 19.4 Å². The first-order chi connectivity index (χ1) is 14.3. The first kappa shape index (κ1) is 25.3. The second-order valence-corrected chi connectivity index (χ2v) is 9.88. The number of hydrogen-bond acceptors (Lipinski definition) is 3. The number of carbonyl (C=O) groups excluding carboxylic acids is 1. The van der Waals surface area contributed by atoms with Crippen LogP contribution in [0.2, 0.25) is 5.02 Å². The molecule has 174 valence electrons. The third-order valence-electron chi connectivity index (χ3n) is 4.39. The van der Waals surface area contributed by atoms with Crippen LogP contribution in [0.1, 0.15) is 55.8 Å². The van der Waals surface area contributed by atoms with E-state index in [2.05, 4.69) is 6.92 Å². The highest BCUT2D eigenvalue weighted by Gasteiger charge is 2.66. The van der Waals surface area contributed by atoms with Gasteiger partial charge < -0.3 is 9.47 Å². The number of benzene rings is 2. The Kier molecular flexibility index (Phi) is 7.53. The van der Waals surface area contributed by atoms with Crippen molar-refractivity contribution in [1.82, 2.24) is 0 Å². The van der Waals surface area contributed by atoms with Gasteiger partial charge in [-0.2, -0.15) is 0 Å². The molecule has 0 heterocycles. The molecule has 0 saturated carbocycles. The summed E-state index contributed by atoms with van der Waals surface area (Å²) in [4.78, 5) is 9.93. The molecule has 0 aliphatic carbocycles. The summed E-state index contributed by atoms with van der Waals surface area (Å²) in [5.74, 6) is -0.698. The molecule has 2 aromatic carbocycles. The average Bonchev–Trinajstić information content (AvgIpc) is 2.65. The zero-order chi connectivity index (χ0) is 23.2. The summed E-state index contributed by atoms with van der Waals surface area (Å²) in [5.41, 5.74) is 0.111. The minimum absolute atomic E-state index is 0.103. The van der Waals surface area contributed by atoms with Gasteiger partial charge in [0.25, 0.3) is 0 Å². The number of carbonyl (C=O) groups is 1. The summed E-state index contributed by atoms with van der Waals surface area (Å²) < 4.78 is 74.9. The van der Waals surface area contributed by atoms with Crippen molar-refractivity contribution in [2.45, 2.75) is 50.3 Å². The first-order valence-electron chi connectivity index (χ1n) is 9.79. The zero-order valence-corrected chi connectivity index (χ0v) is 18.5. The monoisotopic (exact) mass is 486 g/mol. The molecule has 0 aliphatic rings. The standard InChI is InChI=1S/C21H24ClF5O3S/c1-2-3-4-5-6-7-14-29-17-10-8-16(9-11-17)21(28)30-18-12-13-20(19(22)15-18)31(23,24,25,26)27/h8-13,15H,2-7,14H2,1H3. The number of rotatable bonds is 11. The third kappa shape index (κ3) is 8.22. The minimum Gasteiger partial charge on any atom is -0.494 e. The third-order valence-corrected chi connectivity index (χ3v) is 6.00. The molecule has 0 fully saturated rings. The molecule has 0 spiro atoms. The first-order valence-corrected chi connectivity index (χ1v) is 12.1. The Labute approximate surface area is 183 Å². The van der Waals surface area contributed by atoms with Crippen LogP contribution in [0.15, 0.2) is 47.4 Å². The summed E-state index contributed by atoms with van der Waals surface area (Å²) in [7, 11) is -9.93. The molecule has 0 aromatic heterocycles. The summed E-state index contributed by atoms with van der Waals surface area (Å²) in [6, 6.07) is 7.26. The van der Waals surface area contributed by atoms with Crippen LogP contribution in [-0.4, -0.2) is 12.6 Å². The van der Waals surface area contributed by atoms with Gasteiger partial charge in [0.05, 0.1) is 17.2 Å². The molecule has 0 aliphatic heterocycles. The lowest BCUT2D eigenvalue weighted by atomic mass is 10.1. The fourth-order valence-corrected chi connectivity index (χ4v) is 4.14. The largest absolute Gasteiger partial charge is 0.494 e. The topological polar surface area (TPSA) is 35.5 Å². The van der Waals surface area contributed by atoms with Crippen LogP contribution < -0.4 is 9.47 Å². The van der Waals surface area contributed by atoms with Gasteiger partial charge in [-0.3, -0.25) is 0 Å². The van der Waals surface area contributed by atoms with Crippen LogP contribution in [-0.2, 0) is 0 Å². The van der Waals surface area contributed by atoms with E-state index in [0.29, 0.717) is 24.5 Å². The number of unbranched alkanes of at least 4 members (excludes halogenated alkanes) is 5. The Balaban J connectivity index is 1.91. The minimum atomic E-state index is -9.93. The summed E-state index contributed by atoms with van der Waals surface area (Å²) >= 11 is 5.36. The van der Waals surface area contributed by atoms with Gasteiger partial charge in [0, 0.05) is 6.07 Å². The van der Waals surface area contributed by atoms with E-state index in [0.717, 1.165) is 19.3 Å². The van der Waals surface area contributed by atoms with E-state index in [1.165, 1.54) is 31.4 Å². The predicted octanol–water partition coefficient (Wildman–Crippen LogP) is 8.96. The highest BCUT2D eigenvalue weighted by atomic mass is 35.5. The van der Waals surface area contributed by atoms with Gasteiger partial charge in [0.1, 0.15) is 16.4 Å². The van der Waals surface area contributed by atoms with Gasteiger partial charge in [0.2, 0.25) is 0 Å². The molecular weight excluding hydrogens is 463 g/mol. The van der Waals surface area contributed by atoms with Gasteiger partial charge >= 0.3 is 16.2 Å². The molecule has 0 unspecified atom stereocenters. The Morgan fingerprint density at radius 2 is 1.45 bits per heavy atom. The van der Waals surface area contributed by atoms with Gasteiger partial charge in [-0.1, -0.05) is 70.1 Å². The fourth-order valence-electron chi connectivity index (χ4n) is 2.78. The van der Waals surface area contributed by atoms with Gasteiger partial charge in [-0.15, -0.1) is 0 Å². The maximum absolute atomic E-state index is 12.9. The van der Waals surface area contributed by atoms with Crippen molar-refractivity contribution in [2.24, 2.45) is 0 Å². The van der Waals surface area contributed by atoms with Crippen molar-refractivity contribution in [2.75, 3.05) is 6.61 Å². The second-order valence-electron chi connectivity index (χ2n) is 7.09. The number of esters is 1. The number of halogens is 6. The molecule has 3 nitrogen and oxygen atoms in total. The van der Waals surface area contributed by atoms with E-state index in [1.54, 1.807) is 12.1 Å². The van der Waals surface area contributed by atoms with Crippen molar-refractivity contribution in [3.8, 4) is 11.5 Å². The van der Waals surface area contributed by atoms with Crippen molar-refractivity contribution in [1.29, 1.82) is 0 Å². The van der Waals surface area contributed by atoms with E-state index in [9.17, 15) is 24.2 Å². The smallest absolute Gasteiger partial charge is 0.343 e. The van der Waals surface area contributed by atoms with E-state index in [4.69, 9.17) is 21.1 Å². The maximum atomic E-state index is 12.9. The molecule has 2 aromatic rings. The quantitative estimate of drug-likeness (QED) is 0.138. The van der Waals surface area contributed by atoms with Crippen LogP contribution in [0.3, 0.4) is 0 Å². The molecular formula is C21H24ClF5O3S. The van der Waals surface area contributed by atoms with Gasteiger partial charge in [-0.25, -0.2) is 4.79 Å². The zero-order valence-electron chi connectivity index (χ0n) is 16.9. The summed E-state index contributed by atoms with van der Waals surface area (Å²) in [5, 5.41) is -1.25. The molecule has 0 bridgehead atoms. The lowest BCUT2D eigenvalue weighted by Crippen LogP contribution is -2.10. The normalized spacial score (nSPS) is 13.9. The van der Waals surface area contributed by atoms with E-state index in [-0.39, 0.29) is 17.4 Å². The van der Waals surface area contributed by atoms with Gasteiger partial charge in [0.15, 0.2) is 0 Å². The second kappa shape index (κ2) is 9.24. The van der Waals surface area contributed by atoms with Crippen molar-refractivity contribution in [3.63, 3.8) is 0 Å². The van der Waals surface area contributed by atoms with Crippen molar-refractivity contribution in [3.05, 3.63) is 53.1 Å². The predicted molar refractivity (Wildman–Crippen MR) is 113 cm³/mol. The highest BCUT2D eigenvalue weighted by molar-refractivity contribution is 8.45. The molecule has 2 rings (SSSR count).